The summed E-state index contributed by atoms with van der Waals surface area (Å²) in [6, 6.07) is 5.62. The predicted molar refractivity (Wildman–Crippen MR) is 83.6 cm³/mol. The van der Waals surface area contributed by atoms with Crippen LogP contribution in [0.3, 0.4) is 0 Å². The molecule has 0 heterocycles. The summed E-state index contributed by atoms with van der Waals surface area (Å²) in [7, 11) is 3.69. The minimum Gasteiger partial charge on any atom is -0.390 e. The van der Waals surface area contributed by atoms with Gasteiger partial charge in [0, 0.05) is 17.9 Å². The Labute approximate surface area is 124 Å². The number of nitrogens with zero attached hydrogens (tertiary/aromatic N) is 1. The Bertz CT molecular complexity index is 452. The van der Waals surface area contributed by atoms with E-state index in [0.717, 1.165) is 16.9 Å². The van der Waals surface area contributed by atoms with E-state index in [0.29, 0.717) is 13.1 Å². The van der Waals surface area contributed by atoms with Crippen LogP contribution in [0.5, 0.6) is 0 Å². The Morgan fingerprint density at radius 2 is 2.15 bits per heavy atom. The van der Waals surface area contributed by atoms with Gasteiger partial charge in [-0.1, -0.05) is 6.07 Å². The number of aliphatic hydroxyl groups excluding tert-OH is 1. The highest BCUT2D eigenvalue weighted by Crippen LogP contribution is 2.20. The lowest BCUT2D eigenvalue weighted by atomic mass is 10.1. The first-order valence-corrected chi connectivity index (χ1v) is 6.99. The SMILES string of the molecule is Cc1ccc(NC(=O)CN(C)C)cc1NCC(O)CCl. The smallest absolute Gasteiger partial charge is 0.238 e. The number of aryl methyl sites for hydroxylation is 1. The molecule has 0 saturated heterocycles. The molecular weight excluding hydrogens is 278 g/mol. The molecule has 0 bridgehead atoms. The Morgan fingerprint density at radius 3 is 2.75 bits per heavy atom. The molecule has 0 aliphatic rings. The number of hydrogen-bond acceptors (Lipinski definition) is 4. The van der Waals surface area contributed by atoms with Gasteiger partial charge in [0.15, 0.2) is 0 Å². The zero-order chi connectivity index (χ0) is 15.1. The number of carbonyl (C=O) groups is 1. The van der Waals surface area contributed by atoms with Gasteiger partial charge in [-0.3, -0.25) is 4.79 Å². The fraction of sp³-hybridized carbons (Fsp3) is 0.500. The summed E-state index contributed by atoms with van der Waals surface area (Å²) in [5.74, 6) is 0.122. The Balaban J connectivity index is 2.68. The van der Waals surface area contributed by atoms with Crippen molar-refractivity contribution >= 4 is 28.9 Å². The minimum absolute atomic E-state index is 0.0643. The van der Waals surface area contributed by atoms with Crippen LogP contribution in [0, 0.1) is 6.92 Å². The molecule has 3 N–H and O–H groups in total. The molecule has 1 amide bonds. The largest absolute Gasteiger partial charge is 0.390 e. The van der Waals surface area contributed by atoms with Crippen molar-refractivity contribution in [3.8, 4) is 0 Å². The van der Waals surface area contributed by atoms with E-state index < -0.39 is 6.10 Å². The van der Waals surface area contributed by atoms with Crippen molar-refractivity contribution in [3.63, 3.8) is 0 Å². The second kappa shape index (κ2) is 8.09. The van der Waals surface area contributed by atoms with Crippen LogP contribution < -0.4 is 10.6 Å². The zero-order valence-corrected chi connectivity index (χ0v) is 12.9. The number of benzene rings is 1. The molecule has 0 aromatic heterocycles. The zero-order valence-electron chi connectivity index (χ0n) is 12.1. The van der Waals surface area contributed by atoms with Crippen LogP contribution in [-0.4, -0.2) is 55.1 Å². The summed E-state index contributed by atoms with van der Waals surface area (Å²) in [6.07, 6.45) is -0.594. The van der Waals surface area contributed by atoms with E-state index >= 15 is 0 Å². The van der Waals surface area contributed by atoms with Gasteiger partial charge in [0.25, 0.3) is 0 Å². The Kier molecular flexibility index (Phi) is 6.78. The Morgan fingerprint density at radius 1 is 1.45 bits per heavy atom. The minimum atomic E-state index is -0.594. The number of rotatable bonds is 7. The van der Waals surface area contributed by atoms with E-state index in [9.17, 15) is 9.90 Å². The number of nitrogens with one attached hydrogen (secondary N) is 2. The third kappa shape index (κ3) is 5.77. The lowest BCUT2D eigenvalue weighted by molar-refractivity contribution is -0.116. The molecule has 0 fully saturated rings. The molecule has 1 aromatic rings. The fourth-order valence-electron chi connectivity index (χ4n) is 1.66. The molecule has 1 rings (SSSR count). The van der Waals surface area contributed by atoms with E-state index in [2.05, 4.69) is 10.6 Å². The van der Waals surface area contributed by atoms with Gasteiger partial charge in [-0.05, 0) is 38.7 Å². The number of carbonyl (C=O) groups excluding carboxylic acids is 1. The molecule has 112 valence electrons. The molecule has 0 aliphatic carbocycles. The van der Waals surface area contributed by atoms with E-state index in [4.69, 9.17) is 11.6 Å². The monoisotopic (exact) mass is 299 g/mol. The summed E-state index contributed by atoms with van der Waals surface area (Å²) in [4.78, 5) is 13.5. The van der Waals surface area contributed by atoms with Crippen LogP contribution in [-0.2, 0) is 4.79 Å². The number of aliphatic hydroxyl groups is 1. The number of amides is 1. The van der Waals surface area contributed by atoms with Gasteiger partial charge in [0.1, 0.15) is 0 Å². The van der Waals surface area contributed by atoms with Gasteiger partial charge in [-0.2, -0.15) is 0 Å². The fourth-order valence-corrected chi connectivity index (χ4v) is 1.77. The maximum Gasteiger partial charge on any atom is 0.238 e. The number of hydrogen-bond donors (Lipinski definition) is 3. The molecule has 20 heavy (non-hydrogen) atoms. The number of anilines is 2. The lowest BCUT2D eigenvalue weighted by Crippen LogP contribution is -2.27. The molecule has 0 radical (unpaired) electrons. The molecule has 0 aliphatic heterocycles. The molecule has 1 aromatic carbocycles. The van der Waals surface area contributed by atoms with Crippen molar-refractivity contribution in [2.24, 2.45) is 0 Å². The van der Waals surface area contributed by atoms with Crippen LogP contribution in [0.25, 0.3) is 0 Å². The van der Waals surface area contributed by atoms with E-state index in [-0.39, 0.29) is 11.8 Å². The van der Waals surface area contributed by atoms with Crippen molar-refractivity contribution in [2.75, 3.05) is 43.7 Å². The van der Waals surface area contributed by atoms with Crippen LogP contribution in [0.15, 0.2) is 18.2 Å². The number of alkyl halides is 1. The van der Waals surface area contributed by atoms with Crippen LogP contribution in [0.2, 0.25) is 0 Å². The molecule has 6 heteroatoms. The van der Waals surface area contributed by atoms with Crippen LogP contribution in [0.1, 0.15) is 5.56 Å². The standard InChI is InChI=1S/C14H22ClN3O2/c1-10-4-5-11(17-14(20)9-18(2)3)6-13(10)16-8-12(19)7-15/h4-6,12,16,19H,7-9H2,1-3H3,(H,17,20). The summed E-state index contributed by atoms with van der Waals surface area (Å²) in [5, 5.41) is 15.4. The topological polar surface area (TPSA) is 64.6 Å². The van der Waals surface area contributed by atoms with Crippen molar-refractivity contribution in [1.82, 2.24) is 4.90 Å². The Hall–Kier alpha value is -1.30. The molecule has 5 nitrogen and oxygen atoms in total. The van der Waals surface area contributed by atoms with Gasteiger partial charge < -0.3 is 20.6 Å². The highest BCUT2D eigenvalue weighted by atomic mass is 35.5. The first-order valence-electron chi connectivity index (χ1n) is 6.45. The summed E-state index contributed by atoms with van der Waals surface area (Å²) in [5.41, 5.74) is 2.64. The third-order valence-corrected chi connectivity index (χ3v) is 3.04. The number of likely N-dealkylation sites (N-methyl/N-ethyl adjacent to an activating group) is 1. The molecule has 1 atom stereocenters. The van der Waals surface area contributed by atoms with Gasteiger partial charge >= 0.3 is 0 Å². The lowest BCUT2D eigenvalue weighted by Gasteiger charge is -2.15. The van der Waals surface area contributed by atoms with Crippen molar-refractivity contribution < 1.29 is 9.90 Å². The van der Waals surface area contributed by atoms with E-state index in [1.165, 1.54) is 0 Å². The van der Waals surface area contributed by atoms with Crippen LogP contribution in [0.4, 0.5) is 11.4 Å². The average Bonchev–Trinajstić information content (AvgIpc) is 2.37. The summed E-state index contributed by atoms with van der Waals surface area (Å²) in [6.45, 7) is 2.67. The second-order valence-corrected chi connectivity index (χ2v) is 5.31. The first-order chi connectivity index (χ1) is 9.42. The van der Waals surface area contributed by atoms with E-state index in [1.54, 1.807) is 4.90 Å². The molecular formula is C14H22ClN3O2. The first kappa shape index (κ1) is 16.8. The van der Waals surface area contributed by atoms with Gasteiger partial charge in [-0.25, -0.2) is 0 Å². The highest BCUT2D eigenvalue weighted by Gasteiger charge is 2.07. The van der Waals surface area contributed by atoms with Crippen molar-refractivity contribution in [3.05, 3.63) is 23.8 Å². The van der Waals surface area contributed by atoms with Crippen molar-refractivity contribution in [1.29, 1.82) is 0 Å². The molecule has 0 saturated carbocycles. The second-order valence-electron chi connectivity index (χ2n) is 5.00. The normalized spacial score (nSPS) is 12.3. The van der Waals surface area contributed by atoms with Gasteiger partial charge in [0.2, 0.25) is 5.91 Å². The summed E-state index contributed by atoms with van der Waals surface area (Å²) < 4.78 is 0. The summed E-state index contributed by atoms with van der Waals surface area (Å²) >= 11 is 5.55. The van der Waals surface area contributed by atoms with E-state index in [1.807, 2.05) is 39.2 Å². The highest BCUT2D eigenvalue weighted by molar-refractivity contribution is 6.18. The van der Waals surface area contributed by atoms with Gasteiger partial charge in [0.05, 0.1) is 18.5 Å². The predicted octanol–water partition coefficient (Wildman–Crippen LogP) is 1.51. The third-order valence-electron chi connectivity index (χ3n) is 2.69. The van der Waals surface area contributed by atoms with Crippen LogP contribution >= 0.6 is 11.6 Å². The molecule has 1 unspecified atom stereocenters. The maximum absolute atomic E-state index is 11.7. The van der Waals surface area contributed by atoms with Crippen molar-refractivity contribution in [2.45, 2.75) is 13.0 Å². The quantitative estimate of drug-likeness (QED) is 0.668. The number of halogens is 1. The maximum atomic E-state index is 11.7. The average molecular weight is 300 g/mol. The van der Waals surface area contributed by atoms with Gasteiger partial charge in [-0.15, -0.1) is 11.6 Å². The molecule has 0 spiro atoms.